The third-order valence-corrected chi connectivity index (χ3v) is 5.23. The Morgan fingerprint density at radius 2 is 1.85 bits per heavy atom. The lowest BCUT2D eigenvalue weighted by molar-refractivity contribution is 0.0251. The number of rotatable bonds is 6. The minimum Gasteiger partial charge on any atom is -0.389 e. The molecule has 20 heavy (non-hydrogen) atoms. The van der Waals surface area contributed by atoms with Crippen LogP contribution < -0.4 is 5.32 Å². The van der Waals surface area contributed by atoms with Crippen LogP contribution in [0.5, 0.6) is 0 Å². The van der Waals surface area contributed by atoms with Gasteiger partial charge in [0.25, 0.3) is 0 Å². The van der Waals surface area contributed by atoms with Gasteiger partial charge in [0.05, 0.1) is 5.60 Å². The molecule has 2 aliphatic rings. The minimum atomic E-state index is -0.422. The summed E-state index contributed by atoms with van der Waals surface area (Å²) in [6.45, 7) is 6.70. The Bertz CT molecular complexity index is 262. The van der Waals surface area contributed by atoms with Gasteiger partial charge in [-0.3, -0.25) is 0 Å². The summed E-state index contributed by atoms with van der Waals surface area (Å²) >= 11 is 0. The van der Waals surface area contributed by atoms with Crippen LogP contribution in [0.4, 0.5) is 0 Å². The van der Waals surface area contributed by atoms with E-state index in [-0.39, 0.29) is 0 Å². The van der Waals surface area contributed by atoms with Crippen LogP contribution in [-0.2, 0) is 0 Å². The molecule has 3 nitrogen and oxygen atoms in total. The Balaban J connectivity index is 1.56. The molecule has 0 radical (unpaired) electrons. The van der Waals surface area contributed by atoms with Gasteiger partial charge in [-0.1, -0.05) is 32.1 Å². The van der Waals surface area contributed by atoms with Gasteiger partial charge in [0, 0.05) is 12.6 Å². The maximum Gasteiger partial charge on any atom is 0.0771 e. The summed E-state index contributed by atoms with van der Waals surface area (Å²) < 4.78 is 0. The van der Waals surface area contributed by atoms with E-state index in [1.165, 1.54) is 64.5 Å². The van der Waals surface area contributed by atoms with Crippen molar-refractivity contribution in [3.63, 3.8) is 0 Å². The molecule has 2 fully saturated rings. The number of hydrogen-bond donors (Lipinski definition) is 2. The molecule has 3 heteroatoms. The highest BCUT2D eigenvalue weighted by Gasteiger charge is 2.27. The van der Waals surface area contributed by atoms with Crippen LogP contribution >= 0.6 is 0 Å². The minimum absolute atomic E-state index is 0.422. The summed E-state index contributed by atoms with van der Waals surface area (Å²) in [4.78, 5) is 2.63. The first kappa shape index (κ1) is 16.3. The number of likely N-dealkylation sites (tertiary alicyclic amines) is 1. The second-order valence-electron chi connectivity index (χ2n) is 7.05. The molecule has 1 aliphatic carbocycles. The zero-order valence-electron chi connectivity index (χ0n) is 13.4. The number of hydrogen-bond acceptors (Lipinski definition) is 3. The van der Waals surface area contributed by atoms with Crippen molar-refractivity contribution in [2.45, 2.75) is 82.8 Å². The van der Waals surface area contributed by atoms with Gasteiger partial charge in [0.1, 0.15) is 0 Å². The SMILES string of the molecule is CC1CCCCN1CCCNCC1(O)CCCCCC1. The van der Waals surface area contributed by atoms with E-state index in [2.05, 4.69) is 17.1 Å². The number of nitrogens with one attached hydrogen (secondary N) is 1. The molecule has 0 aromatic heterocycles. The Kier molecular flexibility index (Phi) is 6.79. The highest BCUT2D eigenvalue weighted by atomic mass is 16.3. The maximum absolute atomic E-state index is 10.6. The molecular formula is C17H34N2O. The Morgan fingerprint density at radius 3 is 2.55 bits per heavy atom. The predicted molar refractivity (Wildman–Crippen MR) is 85.0 cm³/mol. The summed E-state index contributed by atoms with van der Waals surface area (Å²) in [6, 6.07) is 0.773. The van der Waals surface area contributed by atoms with E-state index in [0.717, 1.165) is 32.0 Å². The van der Waals surface area contributed by atoms with Gasteiger partial charge < -0.3 is 15.3 Å². The second-order valence-corrected chi connectivity index (χ2v) is 7.05. The molecular weight excluding hydrogens is 248 g/mol. The summed E-state index contributed by atoms with van der Waals surface area (Å²) in [6.07, 6.45) is 12.3. The molecule has 2 N–H and O–H groups in total. The molecule has 1 atom stereocenters. The number of nitrogens with zero attached hydrogens (tertiary/aromatic N) is 1. The Labute approximate surface area is 125 Å². The third-order valence-electron chi connectivity index (χ3n) is 5.23. The fourth-order valence-corrected chi connectivity index (χ4v) is 3.78. The average molecular weight is 282 g/mol. The number of piperidine rings is 1. The largest absolute Gasteiger partial charge is 0.389 e. The van der Waals surface area contributed by atoms with Gasteiger partial charge in [-0.15, -0.1) is 0 Å². The summed E-state index contributed by atoms with van der Waals surface area (Å²) in [5.41, 5.74) is -0.422. The lowest BCUT2D eigenvalue weighted by Crippen LogP contribution is -2.42. The zero-order valence-corrected chi connectivity index (χ0v) is 13.4. The lowest BCUT2D eigenvalue weighted by Gasteiger charge is -2.33. The molecule has 0 aromatic rings. The Hall–Kier alpha value is -0.120. The molecule has 0 amide bonds. The lowest BCUT2D eigenvalue weighted by atomic mass is 9.94. The topological polar surface area (TPSA) is 35.5 Å². The van der Waals surface area contributed by atoms with E-state index in [1.807, 2.05) is 0 Å². The summed E-state index contributed by atoms with van der Waals surface area (Å²) in [5.74, 6) is 0. The van der Waals surface area contributed by atoms with Gasteiger partial charge in [0.2, 0.25) is 0 Å². The Morgan fingerprint density at radius 1 is 1.10 bits per heavy atom. The standard InChI is InChI=1S/C17H34N2O/c1-16-9-4-7-13-19(16)14-8-12-18-15-17(20)10-5-2-3-6-11-17/h16,18,20H,2-15H2,1H3. The second kappa shape index (κ2) is 8.35. The van der Waals surface area contributed by atoms with Crippen LogP contribution in [0.25, 0.3) is 0 Å². The highest BCUT2D eigenvalue weighted by Crippen LogP contribution is 2.26. The first-order valence-electron chi connectivity index (χ1n) is 8.87. The van der Waals surface area contributed by atoms with Crippen LogP contribution in [0, 0.1) is 0 Å². The fourth-order valence-electron chi connectivity index (χ4n) is 3.78. The first-order chi connectivity index (χ1) is 9.70. The molecule has 1 saturated carbocycles. The van der Waals surface area contributed by atoms with Crippen LogP contribution in [-0.4, -0.2) is 47.8 Å². The molecule has 1 heterocycles. The van der Waals surface area contributed by atoms with Gasteiger partial charge in [-0.05, 0) is 58.7 Å². The van der Waals surface area contributed by atoms with Gasteiger partial charge in [-0.2, -0.15) is 0 Å². The van der Waals surface area contributed by atoms with Crippen LogP contribution in [0.2, 0.25) is 0 Å². The van der Waals surface area contributed by atoms with Crippen molar-refractivity contribution < 1.29 is 5.11 Å². The quantitative estimate of drug-likeness (QED) is 0.581. The van der Waals surface area contributed by atoms with Crippen molar-refractivity contribution in [1.82, 2.24) is 10.2 Å². The van der Waals surface area contributed by atoms with E-state index < -0.39 is 5.60 Å². The van der Waals surface area contributed by atoms with Gasteiger partial charge in [-0.25, -0.2) is 0 Å². The predicted octanol–water partition coefficient (Wildman–Crippen LogP) is 2.93. The van der Waals surface area contributed by atoms with Gasteiger partial charge in [0.15, 0.2) is 0 Å². The van der Waals surface area contributed by atoms with E-state index in [1.54, 1.807) is 0 Å². The first-order valence-corrected chi connectivity index (χ1v) is 8.87. The molecule has 0 bridgehead atoms. The van der Waals surface area contributed by atoms with E-state index in [4.69, 9.17) is 0 Å². The normalized spacial score (nSPS) is 28.2. The molecule has 1 unspecified atom stereocenters. The monoisotopic (exact) mass is 282 g/mol. The number of aliphatic hydroxyl groups is 1. The third kappa shape index (κ3) is 5.34. The van der Waals surface area contributed by atoms with Gasteiger partial charge >= 0.3 is 0 Å². The smallest absolute Gasteiger partial charge is 0.0771 e. The highest BCUT2D eigenvalue weighted by molar-refractivity contribution is 4.83. The van der Waals surface area contributed by atoms with Crippen molar-refractivity contribution in [3.8, 4) is 0 Å². The molecule has 1 aliphatic heterocycles. The zero-order chi connectivity index (χ0) is 14.3. The van der Waals surface area contributed by atoms with Crippen LogP contribution in [0.3, 0.4) is 0 Å². The van der Waals surface area contributed by atoms with Crippen molar-refractivity contribution in [3.05, 3.63) is 0 Å². The fraction of sp³-hybridized carbons (Fsp3) is 1.00. The maximum atomic E-state index is 10.6. The average Bonchev–Trinajstić information content (AvgIpc) is 2.66. The molecule has 1 saturated heterocycles. The molecule has 0 aromatic carbocycles. The summed E-state index contributed by atoms with van der Waals surface area (Å²) in [5, 5.41) is 14.1. The van der Waals surface area contributed by atoms with Crippen molar-refractivity contribution in [2.24, 2.45) is 0 Å². The van der Waals surface area contributed by atoms with E-state index >= 15 is 0 Å². The van der Waals surface area contributed by atoms with E-state index in [0.29, 0.717) is 0 Å². The van der Waals surface area contributed by atoms with Crippen molar-refractivity contribution >= 4 is 0 Å². The van der Waals surface area contributed by atoms with E-state index in [9.17, 15) is 5.11 Å². The van der Waals surface area contributed by atoms with Crippen LogP contribution in [0.1, 0.15) is 71.1 Å². The van der Waals surface area contributed by atoms with Crippen LogP contribution in [0.15, 0.2) is 0 Å². The van der Waals surface area contributed by atoms with Crippen molar-refractivity contribution in [2.75, 3.05) is 26.2 Å². The van der Waals surface area contributed by atoms with Crippen molar-refractivity contribution in [1.29, 1.82) is 0 Å². The summed E-state index contributed by atoms with van der Waals surface area (Å²) in [7, 11) is 0. The molecule has 118 valence electrons. The molecule has 0 spiro atoms. The molecule has 2 rings (SSSR count).